The van der Waals surface area contributed by atoms with Crippen molar-refractivity contribution in [1.29, 1.82) is 0 Å². The predicted octanol–water partition coefficient (Wildman–Crippen LogP) is 4.53. The topological polar surface area (TPSA) is 68.5 Å². The molecule has 0 radical (unpaired) electrons. The van der Waals surface area contributed by atoms with Crippen LogP contribution in [0, 0.1) is 13.8 Å². The number of nitrogens with zero attached hydrogens (tertiary/aromatic N) is 3. The molecule has 0 aliphatic carbocycles. The summed E-state index contributed by atoms with van der Waals surface area (Å²) in [5, 5.41) is 8.08. The molecule has 0 spiro atoms. The van der Waals surface area contributed by atoms with Gasteiger partial charge in [-0.1, -0.05) is 35.9 Å². The maximum Gasteiger partial charge on any atom is 0.257 e. The van der Waals surface area contributed by atoms with Gasteiger partial charge in [-0.25, -0.2) is 9.50 Å². The molecule has 7 heteroatoms. The summed E-state index contributed by atoms with van der Waals surface area (Å²) in [7, 11) is 1.62. The standard InChI is InChI=1S/C24H23ClN4O2/c1-15-21(12-18-5-4-6-19(25)11-18)16(2)29-23(28-15)22(14-27-29)24(30)26-13-17-7-9-20(31-3)10-8-17/h4-11,14H,12-13H2,1-3H3,(H,26,30). The third-order valence-corrected chi connectivity index (χ3v) is 5.57. The minimum Gasteiger partial charge on any atom is -0.497 e. The molecule has 31 heavy (non-hydrogen) atoms. The van der Waals surface area contributed by atoms with Gasteiger partial charge in [0, 0.05) is 29.4 Å². The smallest absolute Gasteiger partial charge is 0.257 e. The maximum absolute atomic E-state index is 12.8. The summed E-state index contributed by atoms with van der Waals surface area (Å²) < 4.78 is 6.90. The van der Waals surface area contributed by atoms with E-state index >= 15 is 0 Å². The van der Waals surface area contributed by atoms with Gasteiger partial charge in [-0.3, -0.25) is 4.79 Å². The molecule has 0 fully saturated rings. The van der Waals surface area contributed by atoms with E-state index in [9.17, 15) is 4.79 Å². The zero-order valence-electron chi connectivity index (χ0n) is 17.6. The summed E-state index contributed by atoms with van der Waals surface area (Å²) in [5.41, 5.74) is 5.99. The molecule has 158 valence electrons. The third-order valence-electron chi connectivity index (χ3n) is 5.34. The molecule has 2 aromatic heterocycles. The SMILES string of the molecule is COc1ccc(CNC(=O)c2cnn3c(C)c(Cc4cccc(Cl)c4)c(C)nc23)cc1. The first-order valence-corrected chi connectivity index (χ1v) is 10.3. The van der Waals surface area contributed by atoms with Gasteiger partial charge in [-0.2, -0.15) is 5.10 Å². The number of carbonyl (C=O) groups is 1. The third kappa shape index (κ3) is 4.39. The van der Waals surface area contributed by atoms with Crippen LogP contribution in [-0.2, 0) is 13.0 Å². The number of benzene rings is 2. The van der Waals surface area contributed by atoms with Crippen LogP contribution in [0.15, 0.2) is 54.7 Å². The number of nitrogens with one attached hydrogen (secondary N) is 1. The predicted molar refractivity (Wildman–Crippen MR) is 121 cm³/mol. The molecule has 0 saturated heterocycles. The number of amides is 1. The summed E-state index contributed by atoms with van der Waals surface area (Å²) in [4.78, 5) is 17.5. The highest BCUT2D eigenvalue weighted by Crippen LogP contribution is 2.22. The molecule has 2 heterocycles. The Balaban J connectivity index is 1.57. The van der Waals surface area contributed by atoms with Crippen LogP contribution in [0.2, 0.25) is 5.02 Å². The number of hydrogen-bond acceptors (Lipinski definition) is 4. The quantitative estimate of drug-likeness (QED) is 0.484. The molecule has 0 saturated carbocycles. The molecular formula is C24H23ClN4O2. The first-order chi connectivity index (χ1) is 15.0. The Morgan fingerprint density at radius 2 is 1.90 bits per heavy atom. The fourth-order valence-corrected chi connectivity index (χ4v) is 3.81. The van der Waals surface area contributed by atoms with E-state index in [0.717, 1.165) is 33.8 Å². The van der Waals surface area contributed by atoms with Crippen LogP contribution in [0.5, 0.6) is 5.75 Å². The molecule has 4 aromatic rings. The molecule has 0 atom stereocenters. The monoisotopic (exact) mass is 434 g/mol. The number of ether oxygens (including phenoxy) is 1. The summed E-state index contributed by atoms with van der Waals surface area (Å²) in [5.74, 6) is 0.571. The molecule has 1 amide bonds. The van der Waals surface area contributed by atoms with E-state index in [1.807, 2.05) is 62.4 Å². The Morgan fingerprint density at radius 1 is 1.13 bits per heavy atom. The van der Waals surface area contributed by atoms with Crippen LogP contribution in [0.1, 0.15) is 38.4 Å². The molecule has 6 nitrogen and oxygen atoms in total. The van der Waals surface area contributed by atoms with E-state index in [1.165, 1.54) is 0 Å². The van der Waals surface area contributed by atoms with E-state index in [-0.39, 0.29) is 5.91 Å². The van der Waals surface area contributed by atoms with Gasteiger partial charge in [-0.15, -0.1) is 0 Å². The number of hydrogen-bond donors (Lipinski definition) is 1. The molecule has 0 aliphatic rings. The number of aryl methyl sites for hydroxylation is 2. The lowest BCUT2D eigenvalue weighted by molar-refractivity contribution is 0.0952. The van der Waals surface area contributed by atoms with Crippen LogP contribution in [0.25, 0.3) is 5.65 Å². The second-order valence-electron chi connectivity index (χ2n) is 7.39. The number of methoxy groups -OCH3 is 1. The van der Waals surface area contributed by atoms with Gasteiger partial charge in [-0.05, 0) is 54.8 Å². The lowest BCUT2D eigenvalue weighted by Crippen LogP contribution is -2.23. The van der Waals surface area contributed by atoms with Crippen molar-refractivity contribution in [2.45, 2.75) is 26.8 Å². The van der Waals surface area contributed by atoms with E-state index in [4.69, 9.17) is 21.3 Å². The first-order valence-electron chi connectivity index (χ1n) is 9.95. The largest absolute Gasteiger partial charge is 0.497 e. The van der Waals surface area contributed by atoms with Crippen molar-refractivity contribution in [3.8, 4) is 5.75 Å². The zero-order chi connectivity index (χ0) is 22.0. The number of rotatable bonds is 6. The van der Waals surface area contributed by atoms with Gasteiger partial charge >= 0.3 is 0 Å². The molecule has 1 N–H and O–H groups in total. The Bertz CT molecular complexity index is 1250. The Hall–Kier alpha value is -3.38. The van der Waals surface area contributed by atoms with Gasteiger partial charge in [0.1, 0.15) is 11.3 Å². The molecule has 0 bridgehead atoms. The number of fused-ring (bicyclic) bond motifs is 1. The average molecular weight is 435 g/mol. The van der Waals surface area contributed by atoms with E-state index in [2.05, 4.69) is 10.4 Å². The molecule has 0 unspecified atom stereocenters. The van der Waals surface area contributed by atoms with Crippen LogP contribution >= 0.6 is 11.6 Å². The van der Waals surface area contributed by atoms with Gasteiger partial charge in [0.2, 0.25) is 0 Å². The minimum absolute atomic E-state index is 0.209. The second-order valence-corrected chi connectivity index (χ2v) is 7.83. The van der Waals surface area contributed by atoms with E-state index in [0.29, 0.717) is 29.2 Å². The van der Waals surface area contributed by atoms with Gasteiger partial charge in [0.25, 0.3) is 5.91 Å². The zero-order valence-corrected chi connectivity index (χ0v) is 18.4. The van der Waals surface area contributed by atoms with Crippen LogP contribution < -0.4 is 10.1 Å². The summed E-state index contributed by atoms with van der Waals surface area (Å²) in [6.07, 6.45) is 2.27. The number of halogens is 1. The van der Waals surface area contributed by atoms with Gasteiger partial charge in [0.15, 0.2) is 5.65 Å². The fraction of sp³-hybridized carbons (Fsp3) is 0.208. The van der Waals surface area contributed by atoms with Crippen molar-refractivity contribution in [2.24, 2.45) is 0 Å². The minimum atomic E-state index is -0.209. The van der Waals surface area contributed by atoms with Crippen LogP contribution in [-0.4, -0.2) is 27.6 Å². The van der Waals surface area contributed by atoms with Crippen molar-refractivity contribution in [2.75, 3.05) is 7.11 Å². The summed E-state index contributed by atoms with van der Waals surface area (Å²) in [6.45, 7) is 4.36. The van der Waals surface area contributed by atoms with Crippen LogP contribution in [0.3, 0.4) is 0 Å². The highest BCUT2D eigenvalue weighted by molar-refractivity contribution is 6.30. The first kappa shape index (κ1) is 20.9. The van der Waals surface area contributed by atoms with Crippen molar-refractivity contribution in [1.82, 2.24) is 19.9 Å². The van der Waals surface area contributed by atoms with E-state index in [1.54, 1.807) is 17.8 Å². The van der Waals surface area contributed by atoms with Gasteiger partial charge in [0.05, 0.1) is 13.3 Å². The van der Waals surface area contributed by atoms with Crippen molar-refractivity contribution in [3.63, 3.8) is 0 Å². The fourth-order valence-electron chi connectivity index (χ4n) is 3.60. The summed E-state index contributed by atoms with van der Waals surface area (Å²) >= 11 is 6.13. The second kappa shape index (κ2) is 8.78. The summed E-state index contributed by atoms with van der Waals surface area (Å²) in [6, 6.07) is 15.4. The number of carbonyl (C=O) groups excluding carboxylic acids is 1. The number of aromatic nitrogens is 3. The molecule has 2 aromatic carbocycles. The van der Waals surface area contributed by atoms with Crippen molar-refractivity contribution in [3.05, 3.63) is 93.4 Å². The highest BCUT2D eigenvalue weighted by Gasteiger charge is 2.18. The molecule has 4 rings (SSSR count). The average Bonchev–Trinajstić information content (AvgIpc) is 3.19. The molecule has 0 aliphatic heterocycles. The Morgan fingerprint density at radius 3 is 2.61 bits per heavy atom. The highest BCUT2D eigenvalue weighted by atomic mass is 35.5. The van der Waals surface area contributed by atoms with Crippen molar-refractivity contribution >= 4 is 23.2 Å². The van der Waals surface area contributed by atoms with Crippen LogP contribution in [0.4, 0.5) is 0 Å². The normalized spacial score (nSPS) is 11.0. The van der Waals surface area contributed by atoms with E-state index < -0.39 is 0 Å². The Labute approximate surface area is 185 Å². The van der Waals surface area contributed by atoms with Gasteiger partial charge < -0.3 is 10.1 Å². The maximum atomic E-state index is 12.8. The lowest BCUT2D eigenvalue weighted by Gasteiger charge is -2.12. The molecular weight excluding hydrogens is 412 g/mol. The van der Waals surface area contributed by atoms with Crippen molar-refractivity contribution < 1.29 is 9.53 Å². The Kier molecular flexibility index (Phi) is 5.91. The lowest BCUT2D eigenvalue weighted by atomic mass is 10.0.